The summed E-state index contributed by atoms with van der Waals surface area (Å²) in [7, 11) is 0. The third kappa shape index (κ3) is 4.30. The number of hydrogen-bond donors (Lipinski definition) is 1. The van der Waals surface area contributed by atoms with Gasteiger partial charge in [0.2, 0.25) is 0 Å². The Labute approximate surface area is 105 Å². The molecule has 1 aliphatic heterocycles. The summed E-state index contributed by atoms with van der Waals surface area (Å²) in [5.41, 5.74) is 0. The molecule has 1 N–H and O–H groups in total. The zero-order valence-corrected chi connectivity index (χ0v) is 11.6. The first-order valence-corrected chi connectivity index (χ1v) is 6.87. The molecule has 0 aliphatic carbocycles. The number of nitrogens with zero attached hydrogens (tertiary/aromatic N) is 1. The van der Waals surface area contributed by atoms with Crippen molar-refractivity contribution in [3.8, 4) is 0 Å². The highest BCUT2D eigenvalue weighted by Crippen LogP contribution is 2.24. The second kappa shape index (κ2) is 6.39. The average molecular weight is 241 g/mol. The van der Waals surface area contributed by atoms with E-state index < -0.39 is 5.97 Å². The topological polar surface area (TPSA) is 40.5 Å². The number of aliphatic carboxylic acids is 1. The number of carbonyl (C=O) groups is 1. The molecule has 3 heteroatoms. The number of carboxylic acids is 1. The molecular formula is C14H27NO2. The minimum absolute atomic E-state index is 0.109. The lowest BCUT2D eigenvalue weighted by Crippen LogP contribution is -2.41. The third-order valence-electron chi connectivity index (χ3n) is 4.12. The highest BCUT2D eigenvalue weighted by Gasteiger charge is 2.27. The minimum atomic E-state index is -0.617. The van der Waals surface area contributed by atoms with Crippen LogP contribution in [0.2, 0.25) is 0 Å². The molecule has 0 saturated carbocycles. The molecule has 0 aromatic heterocycles. The van der Waals surface area contributed by atoms with Gasteiger partial charge in [0.1, 0.15) is 0 Å². The summed E-state index contributed by atoms with van der Waals surface area (Å²) in [5.74, 6) is 1.40. The van der Waals surface area contributed by atoms with Crippen molar-refractivity contribution >= 4 is 5.97 Å². The maximum Gasteiger partial charge on any atom is 0.306 e. The molecule has 1 saturated heterocycles. The van der Waals surface area contributed by atoms with E-state index >= 15 is 0 Å². The first-order valence-electron chi connectivity index (χ1n) is 6.87. The van der Waals surface area contributed by atoms with Crippen molar-refractivity contribution in [1.82, 2.24) is 4.90 Å². The average Bonchev–Trinajstić information content (AvgIpc) is 2.25. The third-order valence-corrected chi connectivity index (χ3v) is 4.12. The molecule has 1 rings (SSSR count). The molecular weight excluding hydrogens is 214 g/mol. The van der Waals surface area contributed by atoms with Crippen LogP contribution in [0.15, 0.2) is 0 Å². The molecule has 0 bridgehead atoms. The van der Waals surface area contributed by atoms with E-state index in [-0.39, 0.29) is 5.92 Å². The molecule has 100 valence electrons. The Morgan fingerprint density at radius 3 is 2.00 bits per heavy atom. The van der Waals surface area contributed by atoms with E-state index in [9.17, 15) is 4.79 Å². The Balaban J connectivity index is 2.41. The quantitative estimate of drug-likeness (QED) is 0.804. The van der Waals surface area contributed by atoms with Crippen LogP contribution in [0.3, 0.4) is 0 Å². The van der Waals surface area contributed by atoms with Crippen molar-refractivity contribution in [1.29, 1.82) is 0 Å². The molecule has 0 radical (unpaired) electrons. The van der Waals surface area contributed by atoms with Gasteiger partial charge in [0.25, 0.3) is 0 Å². The van der Waals surface area contributed by atoms with E-state index in [2.05, 4.69) is 32.6 Å². The van der Waals surface area contributed by atoms with Crippen LogP contribution in [0, 0.1) is 23.7 Å². The summed E-state index contributed by atoms with van der Waals surface area (Å²) < 4.78 is 0. The van der Waals surface area contributed by atoms with Crippen LogP contribution in [0.4, 0.5) is 0 Å². The zero-order valence-electron chi connectivity index (χ0n) is 11.6. The maximum atomic E-state index is 10.9. The Kier molecular flexibility index (Phi) is 5.44. The van der Waals surface area contributed by atoms with Crippen LogP contribution in [-0.4, -0.2) is 35.6 Å². The number of piperidine rings is 1. The van der Waals surface area contributed by atoms with E-state index in [4.69, 9.17) is 5.11 Å². The van der Waals surface area contributed by atoms with Gasteiger partial charge in [0, 0.05) is 6.54 Å². The minimum Gasteiger partial charge on any atom is -0.481 e. The van der Waals surface area contributed by atoms with Crippen molar-refractivity contribution in [2.24, 2.45) is 23.7 Å². The maximum absolute atomic E-state index is 10.9. The molecule has 1 aliphatic rings. The van der Waals surface area contributed by atoms with Gasteiger partial charge >= 0.3 is 5.97 Å². The molecule has 0 aromatic carbocycles. The molecule has 0 atom stereocenters. The first-order chi connectivity index (χ1) is 7.91. The SMILES string of the molecule is CC(C)C(CN1CCC(C(=O)O)CC1)C(C)C. The fraction of sp³-hybridized carbons (Fsp3) is 0.929. The summed E-state index contributed by atoms with van der Waals surface area (Å²) >= 11 is 0. The Bertz CT molecular complexity index is 235. The fourth-order valence-corrected chi connectivity index (χ4v) is 2.85. The summed E-state index contributed by atoms with van der Waals surface area (Å²) in [5, 5.41) is 8.96. The largest absolute Gasteiger partial charge is 0.481 e. The number of likely N-dealkylation sites (tertiary alicyclic amines) is 1. The summed E-state index contributed by atoms with van der Waals surface area (Å²) in [6, 6.07) is 0. The molecule has 0 aromatic rings. The van der Waals surface area contributed by atoms with Gasteiger partial charge in [-0.2, -0.15) is 0 Å². The van der Waals surface area contributed by atoms with Crippen LogP contribution in [-0.2, 0) is 4.79 Å². The van der Waals surface area contributed by atoms with Gasteiger partial charge in [-0.05, 0) is 43.7 Å². The summed E-state index contributed by atoms with van der Waals surface area (Å²) in [6.07, 6.45) is 1.64. The van der Waals surface area contributed by atoms with E-state index in [0.717, 1.165) is 38.4 Å². The molecule has 0 amide bonds. The van der Waals surface area contributed by atoms with Crippen LogP contribution in [0.5, 0.6) is 0 Å². The Morgan fingerprint density at radius 1 is 1.18 bits per heavy atom. The number of rotatable bonds is 5. The molecule has 0 spiro atoms. The van der Waals surface area contributed by atoms with Crippen molar-refractivity contribution in [2.45, 2.75) is 40.5 Å². The Hall–Kier alpha value is -0.570. The second-order valence-electron chi connectivity index (χ2n) is 6.07. The van der Waals surface area contributed by atoms with E-state index in [0.29, 0.717) is 11.8 Å². The molecule has 1 heterocycles. The van der Waals surface area contributed by atoms with Gasteiger partial charge in [0.05, 0.1) is 5.92 Å². The monoisotopic (exact) mass is 241 g/mol. The van der Waals surface area contributed by atoms with Crippen LogP contribution >= 0.6 is 0 Å². The number of hydrogen-bond acceptors (Lipinski definition) is 2. The van der Waals surface area contributed by atoms with Crippen molar-refractivity contribution in [3.63, 3.8) is 0 Å². The van der Waals surface area contributed by atoms with E-state index in [1.165, 1.54) is 0 Å². The van der Waals surface area contributed by atoms with Gasteiger partial charge in [-0.3, -0.25) is 4.79 Å². The highest BCUT2D eigenvalue weighted by molar-refractivity contribution is 5.70. The van der Waals surface area contributed by atoms with Crippen LogP contribution < -0.4 is 0 Å². The van der Waals surface area contributed by atoms with Crippen LogP contribution in [0.1, 0.15) is 40.5 Å². The normalized spacial score (nSPS) is 19.5. The van der Waals surface area contributed by atoms with Gasteiger partial charge < -0.3 is 10.0 Å². The highest BCUT2D eigenvalue weighted by atomic mass is 16.4. The van der Waals surface area contributed by atoms with Gasteiger partial charge in [0.15, 0.2) is 0 Å². The standard InChI is InChI=1S/C14H27NO2/c1-10(2)13(11(3)4)9-15-7-5-12(6-8-15)14(16)17/h10-13H,5-9H2,1-4H3,(H,16,17). The van der Waals surface area contributed by atoms with Crippen molar-refractivity contribution in [3.05, 3.63) is 0 Å². The van der Waals surface area contributed by atoms with Gasteiger partial charge in [-0.15, -0.1) is 0 Å². The zero-order chi connectivity index (χ0) is 13.0. The number of carboxylic acid groups (broad SMARTS) is 1. The summed E-state index contributed by atoms with van der Waals surface area (Å²) in [4.78, 5) is 13.3. The van der Waals surface area contributed by atoms with Crippen molar-refractivity contribution in [2.75, 3.05) is 19.6 Å². The van der Waals surface area contributed by atoms with Crippen molar-refractivity contribution < 1.29 is 9.90 Å². The molecule has 17 heavy (non-hydrogen) atoms. The predicted molar refractivity (Wildman–Crippen MR) is 70.0 cm³/mol. The van der Waals surface area contributed by atoms with Gasteiger partial charge in [-0.1, -0.05) is 27.7 Å². The lowest BCUT2D eigenvalue weighted by molar-refractivity contribution is -0.143. The lowest BCUT2D eigenvalue weighted by Gasteiger charge is -2.35. The molecule has 0 unspecified atom stereocenters. The Morgan fingerprint density at radius 2 is 1.65 bits per heavy atom. The molecule has 1 fully saturated rings. The van der Waals surface area contributed by atoms with E-state index in [1.54, 1.807) is 0 Å². The second-order valence-corrected chi connectivity index (χ2v) is 6.07. The van der Waals surface area contributed by atoms with E-state index in [1.807, 2.05) is 0 Å². The fourth-order valence-electron chi connectivity index (χ4n) is 2.85. The first kappa shape index (κ1) is 14.5. The smallest absolute Gasteiger partial charge is 0.306 e. The van der Waals surface area contributed by atoms with Crippen LogP contribution in [0.25, 0.3) is 0 Å². The lowest BCUT2D eigenvalue weighted by atomic mass is 9.84. The molecule has 3 nitrogen and oxygen atoms in total. The van der Waals surface area contributed by atoms with Gasteiger partial charge in [-0.25, -0.2) is 0 Å². The summed E-state index contributed by atoms with van der Waals surface area (Å²) in [6.45, 7) is 12.2. The predicted octanol–water partition coefficient (Wildman–Crippen LogP) is 2.71.